The minimum absolute atomic E-state index is 0.0999. The molecule has 2 N–H and O–H groups in total. The van der Waals surface area contributed by atoms with Crippen LogP contribution < -0.4 is 5.32 Å². The number of benzene rings is 1. The van der Waals surface area contributed by atoms with E-state index in [4.69, 9.17) is 0 Å². The van der Waals surface area contributed by atoms with E-state index in [2.05, 4.69) is 49.2 Å². The van der Waals surface area contributed by atoms with Gasteiger partial charge in [-0.1, -0.05) is 31.0 Å². The summed E-state index contributed by atoms with van der Waals surface area (Å²) in [5.74, 6) is 0. The number of hydrogen-bond acceptors (Lipinski definition) is 3. The van der Waals surface area contributed by atoms with Crippen molar-refractivity contribution in [2.75, 3.05) is 13.1 Å². The molecule has 0 radical (unpaired) electrons. The Morgan fingerprint density at radius 3 is 2.50 bits per heavy atom. The van der Waals surface area contributed by atoms with E-state index in [1.165, 1.54) is 48.8 Å². The fraction of sp³-hybridized carbons (Fsp3) is 0.714. The molecule has 0 amide bonds. The number of likely N-dealkylation sites (tertiary alicyclic amines) is 1. The van der Waals surface area contributed by atoms with Crippen LogP contribution >= 0.6 is 0 Å². The van der Waals surface area contributed by atoms with Crippen LogP contribution in [-0.2, 0) is 0 Å². The second-order valence-corrected chi connectivity index (χ2v) is 7.91. The van der Waals surface area contributed by atoms with Crippen molar-refractivity contribution in [2.45, 2.75) is 83.5 Å². The molecule has 1 heterocycles. The molecule has 3 heteroatoms. The van der Waals surface area contributed by atoms with E-state index in [9.17, 15) is 5.11 Å². The van der Waals surface area contributed by atoms with Crippen LogP contribution in [0.4, 0.5) is 0 Å². The normalized spacial score (nSPS) is 28.0. The highest BCUT2D eigenvalue weighted by atomic mass is 16.3. The van der Waals surface area contributed by atoms with Crippen LogP contribution in [0.5, 0.6) is 0 Å². The molecular formula is C21H34N2O. The maximum Gasteiger partial charge on any atom is 0.0695 e. The Balaban J connectivity index is 1.52. The lowest BCUT2D eigenvalue weighted by atomic mass is 9.89. The molecule has 1 aromatic carbocycles. The molecule has 0 spiro atoms. The van der Waals surface area contributed by atoms with E-state index in [1.807, 2.05) is 0 Å². The van der Waals surface area contributed by atoms with E-state index >= 15 is 0 Å². The molecule has 3 unspecified atom stereocenters. The van der Waals surface area contributed by atoms with Crippen LogP contribution in [0, 0.1) is 13.8 Å². The summed E-state index contributed by atoms with van der Waals surface area (Å²) in [6.07, 6.45) is 6.94. The third-order valence-electron chi connectivity index (χ3n) is 6.29. The number of aliphatic hydroxyl groups excluding tert-OH is 1. The molecule has 1 saturated heterocycles. The van der Waals surface area contributed by atoms with Gasteiger partial charge in [0.1, 0.15) is 0 Å². The number of nitrogens with zero attached hydrogens (tertiary/aromatic N) is 1. The van der Waals surface area contributed by atoms with Crippen LogP contribution in [0.3, 0.4) is 0 Å². The van der Waals surface area contributed by atoms with Gasteiger partial charge in [0.15, 0.2) is 0 Å². The van der Waals surface area contributed by atoms with Gasteiger partial charge in [-0.2, -0.15) is 0 Å². The van der Waals surface area contributed by atoms with Gasteiger partial charge < -0.3 is 10.4 Å². The minimum Gasteiger partial charge on any atom is -0.391 e. The van der Waals surface area contributed by atoms with Crippen LogP contribution in [-0.4, -0.2) is 41.3 Å². The largest absolute Gasteiger partial charge is 0.391 e. The predicted molar refractivity (Wildman–Crippen MR) is 100 cm³/mol. The molecule has 2 fully saturated rings. The standard InChI is InChI=1S/C21H34N2O/c1-15-7-6-8-19(16(15)2)17(3)22-18-11-13-23(14-12-18)20-9-4-5-10-21(20)24/h6-8,17-18,20-22,24H,4-5,9-14H2,1-3H3. The van der Waals surface area contributed by atoms with Crippen LogP contribution in [0.1, 0.15) is 68.2 Å². The van der Waals surface area contributed by atoms with E-state index in [1.54, 1.807) is 0 Å². The third-order valence-corrected chi connectivity index (χ3v) is 6.29. The average molecular weight is 331 g/mol. The first kappa shape index (κ1) is 17.9. The summed E-state index contributed by atoms with van der Waals surface area (Å²) in [6, 6.07) is 8.03. The van der Waals surface area contributed by atoms with Gasteiger partial charge in [-0.25, -0.2) is 0 Å². The first-order valence-electron chi connectivity index (χ1n) is 9.80. The molecule has 2 aliphatic rings. The van der Waals surface area contributed by atoms with Crippen molar-refractivity contribution < 1.29 is 5.11 Å². The Labute approximate surface area is 147 Å². The van der Waals surface area contributed by atoms with Crippen molar-refractivity contribution in [1.82, 2.24) is 10.2 Å². The molecule has 1 aliphatic carbocycles. The predicted octanol–water partition coefficient (Wildman–Crippen LogP) is 3.72. The number of hydrogen-bond donors (Lipinski definition) is 2. The van der Waals surface area contributed by atoms with E-state index in [0.717, 1.165) is 19.5 Å². The Bertz CT molecular complexity index is 537. The topological polar surface area (TPSA) is 35.5 Å². The van der Waals surface area contributed by atoms with Gasteiger partial charge >= 0.3 is 0 Å². The number of aliphatic hydroxyl groups is 1. The van der Waals surface area contributed by atoms with Gasteiger partial charge in [-0.3, -0.25) is 4.90 Å². The highest BCUT2D eigenvalue weighted by Crippen LogP contribution is 2.27. The highest BCUT2D eigenvalue weighted by Gasteiger charge is 2.31. The van der Waals surface area contributed by atoms with Gasteiger partial charge in [0, 0.05) is 31.2 Å². The first-order chi connectivity index (χ1) is 11.6. The molecule has 3 atom stereocenters. The summed E-state index contributed by atoms with van der Waals surface area (Å²) in [7, 11) is 0. The molecule has 3 nitrogen and oxygen atoms in total. The Morgan fingerprint density at radius 1 is 1.08 bits per heavy atom. The minimum atomic E-state index is -0.0999. The third kappa shape index (κ3) is 4.01. The summed E-state index contributed by atoms with van der Waals surface area (Å²) < 4.78 is 0. The number of piperidine rings is 1. The zero-order valence-electron chi connectivity index (χ0n) is 15.6. The van der Waals surface area contributed by atoms with E-state index < -0.39 is 0 Å². The SMILES string of the molecule is Cc1cccc(C(C)NC2CCN(C3CCCCC3O)CC2)c1C. The van der Waals surface area contributed by atoms with Gasteiger partial charge in [-0.05, 0) is 63.1 Å². The summed E-state index contributed by atoms with van der Waals surface area (Å²) in [5.41, 5.74) is 4.22. The van der Waals surface area contributed by atoms with Crippen LogP contribution in [0.15, 0.2) is 18.2 Å². The van der Waals surface area contributed by atoms with Crippen molar-refractivity contribution >= 4 is 0 Å². The van der Waals surface area contributed by atoms with Crippen molar-refractivity contribution in [3.8, 4) is 0 Å². The van der Waals surface area contributed by atoms with Gasteiger partial charge in [-0.15, -0.1) is 0 Å². The molecular weight excluding hydrogens is 296 g/mol. The Hall–Kier alpha value is -0.900. The van der Waals surface area contributed by atoms with E-state index in [-0.39, 0.29) is 6.10 Å². The van der Waals surface area contributed by atoms with E-state index in [0.29, 0.717) is 18.1 Å². The second-order valence-electron chi connectivity index (χ2n) is 7.91. The molecule has 0 bridgehead atoms. The monoisotopic (exact) mass is 330 g/mol. The Kier molecular flexibility index (Phi) is 5.96. The second kappa shape index (κ2) is 7.99. The van der Waals surface area contributed by atoms with Gasteiger partial charge in [0.05, 0.1) is 6.10 Å². The molecule has 24 heavy (non-hydrogen) atoms. The number of rotatable bonds is 4. The molecule has 3 rings (SSSR count). The quantitative estimate of drug-likeness (QED) is 0.883. The summed E-state index contributed by atoms with van der Waals surface area (Å²) in [4.78, 5) is 2.55. The summed E-state index contributed by atoms with van der Waals surface area (Å²) in [6.45, 7) is 8.96. The number of nitrogens with one attached hydrogen (secondary N) is 1. The lowest BCUT2D eigenvalue weighted by Crippen LogP contribution is -2.51. The smallest absolute Gasteiger partial charge is 0.0695 e. The molecule has 1 aliphatic heterocycles. The van der Waals surface area contributed by atoms with Crippen LogP contribution in [0.2, 0.25) is 0 Å². The summed E-state index contributed by atoms with van der Waals surface area (Å²) >= 11 is 0. The van der Waals surface area contributed by atoms with Crippen molar-refractivity contribution in [2.24, 2.45) is 0 Å². The molecule has 134 valence electrons. The van der Waals surface area contributed by atoms with Gasteiger partial charge in [0.2, 0.25) is 0 Å². The first-order valence-corrected chi connectivity index (χ1v) is 9.80. The number of aryl methyl sites for hydroxylation is 1. The Morgan fingerprint density at radius 2 is 1.79 bits per heavy atom. The fourth-order valence-corrected chi connectivity index (χ4v) is 4.60. The van der Waals surface area contributed by atoms with Crippen molar-refractivity contribution in [3.05, 3.63) is 34.9 Å². The maximum atomic E-state index is 10.3. The van der Waals surface area contributed by atoms with Crippen LogP contribution in [0.25, 0.3) is 0 Å². The van der Waals surface area contributed by atoms with Gasteiger partial charge in [0.25, 0.3) is 0 Å². The fourth-order valence-electron chi connectivity index (χ4n) is 4.60. The highest BCUT2D eigenvalue weighted by molar-refractivity contribution is 5.35. The summed E-state index contributed by atoms with van der Waals surface area (Å²) in [5, 5.41) is 14.1. The maximum absolute atomic E-state index is 10.3. The zero-order chi connectivity index (χ0) is 17.1. The van der Waals surface area contributed by atoms with Crippen molar-refractivity contribution in [3.63, 3.8) is 0 Å². The molecule has 1 aromatic rings. The molecule has 0 aromatic heterocycles. The zero-order valence-corrected chi connectivity index (χ0v) is 15.6. The molecule has 1 saturated carbocycles. The average Bonchev–Trinajstić information content (AvgIpc) is 2.58. The lowest BCUT2D eigenvalue weighted by Gasteiger charge is -2.42. The van der Waals surface area contributed by atoms with Crippen molar-refractivity contribution in [1.29, 1.82) is 0 Å². The lowest BCUT2D eigenvalue weighted by molar-refractivity contribution is 0.00670.